The van der Waals surface area contributed by atoms with Gasteiger partial charge in [-0.1, -0.05) is 26.8 Å². The fourth-order valence-corrected chi connectivity index (χ4v) is 1.67. The molecular weight excluding hydrogens is 160 g/mol. The van der Waals surface area contributed by atoms with E-state index in [0.29, 0.717) is 0 Å². The number of hydrogen-bond acceptors (Lipinski definition) is 2. The maximum atomic E-state index is 4.31. The van der Waals surface area contributed by atoms with Crippen LogP contribution in [-0.2, 0) is 5.41 Å². The van der Waals surface area contributed by atoms with E-state index in [1.807, 2.05) is 6.20 Å². The van der Waals surface area contributed by atoms with Crippen LogP contribution < -0.4 is 10.7 Å². The third-order valence-corrected chi connectivity index (χ3v) is 2.31. The van der Waals surface area contributed by atoms with Crippen molar-refractivity contribution in [3.05, 3.63) is 28.5 Å². The quantitative estimate of drug-likeness (QED) is 0.571. The van der Waals surface area contributed by atoms with E-state index in [2.05, 4.69) is 42.9 Å². The molecule has 0 saturated carbocycles. The average Bonchev–Trinajstić information content (AvgIpc) is 2.48. The van der Waals surface area contributed by atoms with Gasteiger partial charge in [0.2, 0.25) is 0 Å². The molecule has 0 aliphatic carbocycles. The van der Waals surface area contributed by atoms with Crippen molar-refractivity contribution in [2.45, 2.75) is 26.2 Å². The van der Waals surface area contributed by atoms with E-state index in [1.54, 1.807) is 0 Å². The van der Waals surface area contributed by atoms with Crippen LogP contribution in [0.2, 0.25) is 0 Å². The van der Waals surface area contributed by atoms with Crippen molar-refractivity contribution in [1.29, 1.82) is 0 Å². The van der Waals surface area contributed by atoms with Gasteiger partial charge in [0.25, 0.3) is 0 Å². The minimum absolute atomic E-state index is 0.184. The molecule has 68 valence electrons. The maximum absolute atomic E-state index is 4.31. The lowest BCUT2D eigenvalue weighted by atomic mass is 9.86. The zero-order valence-electron chi connectivity index (χ0n) is 8.33. The molecule has 1 aromatic rings. The summed E-state index contributed by atoms with van der Waals surface area (Å²) in [6.45, 7) is 7.44. The topological polar surface area (TPSA) is 25.2 Å². The van der Waals surface area contributed by atoms with E-state index in [-0.39, 0.29) is 5.41 Å². The zero-order valence-corrected chi connectivity index (χ0v) is 8.33. The van der Waals surface area contributed by atoms with Gasteiger partial charge in [-0.25, -0.2) is 4.98 Å². The molecule has 1 aromatic heterocycles. The van der Waals surface area contributed by atoms with Gasteiger partial charge >= 0.3 is 0 Å². The Labute approximate surface area is 78.0 Å². The van der Waals surface area contributed by atoms with Crippen LogP contribution >= 0.6 is 0 Å². The molecular formula is C11H14N2. The monoisotopic (exact) mass is 174 g/mol. The molecule has 0 amide bonds. The largest absolute Gasteiger partial charge is 0.262 e. The van der Waals surface area contributed by atoms with Gasteiger partial charge in [-0.05, 0) is 17.0 Å². The molecule has 0 radical (unpaired) electrons. The first-order valence-corrected chi connectivity index (χ1v) is 4.59. The summed E-state index contributed by atoms with van der Waals surface area (Å²) in [5, 5.41) is 1.23. The Morgan fingerprint density at radius 1 is 1.31 bits per heavy atom. The standard InChI is InChI=1S/C11H14N2/c1-11(2,3)9-5-7-13-10-8(9)4-6-12-10/h4-5,7H,6H2,1-3H3. The average molecular weight is 174 g/mol. The third kappa shape index (κ3) is 1.37. The fraction of sp³-hybridized carbons (Fsp3) is 0.455. The van der Waals surface area contributed by atoms with E-state index in [1.165, 1.54) is 10.8 Å². The second-order valence-corrected chi connectivity index (χ2v) is 4.39. The molecule has 1 aliphatic heterocycles. The first kappa shape index (κ1) is 8.42. The first-order valence-electron chi connectivity index (χ1n) is 4.59. The Kier molecular flexibility index (Phi) is 1.72. The molecule has 2 heterocycles. The van der Waals surface area contributed by atoms with Crippen LogP contribution in [0.4, 0.5) is 0 Å². The summed E-state index contributed by atoms with van der Waals surface area (Å²) in [7, 11) is 0. The predicted octanol–water partition coefficient (Wildman–Crippen LogP) is 0.793. The maximum Gasteiger partial charge on any atom is 0.154 e. The van der Waals surface area contributed by atoms with Crippen LogP contribution in [0, 0.1) is 0 Å². The highest BCUT2D eigenvalue weighted by atomic mass is 14.8. The van der Waals surface area contributed by atoms with E-state index >= 15 is 0 Å². The summed E-state index contributed by atoms with van der Waals surface area (Å²) in [6, 6.07) is 2.09. The molecule has 1 aliphatic rings. The molecule has 2 rings (SSSR count). The van der Waals surface area contributed by atoms with Crippen molar-refractivity contribution in [2.75, 3.05) is 6.54 Å². The lowest BCUT2D eigenvalue weighted by Gasteiger charge is -2.18. The van der Waals surface area contributed by atoms with Gasteiger partial charge in [-0.2, -0.15) is 0 Å². The van der Waals surface area contributed by atoms with Gasteiger partial charge < -0.3 is 0 Å². The van der Waals surface area contributed by atoms with Crippen molar-refractivity contribution in [1.82, 2.24) is 4.98 Å². The summed E-state index contributed by atoms with van der Waals surface area (Å²) in [6.07, 6.45) is 4.00. The van der Waals surface area contributed by atoms with Gasteiger partial charge in [0.1, 0.15) is 0 Å². The van der Waals surface area contributed by atoms with Crippen LogP contribution in [0.15, 0.2) is 17.3 Å². The number of aromatic nitrogens is 1. The Morgan fingerprint density at radius 2 is 2.08 bits per heavy atom. The molecule has 13 heavy (non-hydrogen) atoms. The Balaban J connectivity index is 2.77. The van der Waals surface area contributed by atoms with Crippen molar-refractivity contribution in [3.63, 3.8) is 0 Å². The van der Waals surface area contributed by atoms with E-state index in [4.69, 9.17) is 0 Å². The van der Waals surface area contributed by atoms with Gasteiger partial charge in [0.15, 0.2) is 5.49 Å². The van der Waals surface area contributed by atoms with E-state index < -0.39 is 0 Å². The molecule has 0 N–H and O–H groups in total. The summed E-state index contributed by atoms with van der Waals surface area (Å²) in [5.41, 5.74) is 2.44. The highest BCUT2D eigenvalue weighted by molar-refractivity contribution is 5.35. The molecule has 0 unspecified atom stereocenters. The molecule has 0 saturated heterocycles. The molecule has 0 fully saturated rings. The summed E-state index contributed by atoms with van der Waals surface area (Å²) < 4.78 is 0. The fourth-order valence-electron chi connectivity index (χ4n) is 1.67. The number of hydrogen-bond donors (Lipinski definition) is 0. The first-order chi connectivity index (χ1) is 6.09. The Bertz CT molecular complexity index is 438. The van der Waals surface area contributed by atoms with Gasteiger partial charge in [0.05, 0.1) is 6.54 Å². The Morgan fingerprint density at radius 3 is 2.77 bits per heavy atom. The van der Waals surface area contributed by atoms with E-state index in [0.717, 1.165) is 12.0 Å². The van der Waals surface area contributed by atoms with Crippen LogP contribution in [0.5, 0.6) is 0 Å². The molecule has 2 heteroatoms. The zero-order chi connectivity index (χ0) is 9.47. The smallest absolute Gasteiger partial charge is 0.154 e. The minimum atomic E-state index is 0.184. The number of nitrogens with zero attached hydrogens (tertiary/aromatic N) is 2. The highest BCUT2D eigenvalue weighted by Gasteiger charge is 2.16. The third-order valence-electron chi connectivity index (χ3n) is 2.31. The number of rotatable bonds is 0. The lowest BCUT2D eigenvalue weighted by molar-refractivity contribution is 0.583. The second kappa shape index (κ2) is 2.66. The van der Waals surface area contributed by atoms with Crippen molar-refractivity contribution >= 4 is 6.08 Å². The minimum Gasteiger partial charge on any atom is -0.262 e. The van der Waals surface area contributed by atoms with Crippen LogP contribution in [0.25, 0.3) is 6.08 Å². The number of pyridine rings is 1. The van der Waals surface area contributed by atoms with Crippen LogP contribution in [-0.4, -0.2) is 11.5 Å². The van der Waals surface area contributed by atoms with Crippen molar-refractivity contribution < 1.29 is 0 Å². The lowest BCUT2D eigenvalue weighted by Crippen LogP contribution is -2.34. The molecule has 0 spiro atoms. The van der Waals surface area contributed by atoms with Gasteiger partial charge in [-0.15, -0.1) is 0 Å². The van der Waals surface area contributed by atoms with Crippen LogP contribution in [0.3, 0.4) is 0 Å². The summed E-state index contributed by atoms with van der Waals surface area (Å²) >= 11 is 0. The highest BCUT2D eigenvalue weighted by Crippen LogP contribution is 2.17. The predicted molar refractivity (Wildman–Crippen MR) is 53.1 cm³/mol. The molecule has 0 atom stereocenters. The van der Waals surface area contributed by atoms with Crippen LogP contribution in [0.1, 0.15) is 26.3 Å². The summed E-state index contributed by atoms with van der Waals surface area (Å²) in [5.74, 6) is 0. The van der Waals surface area contributed by atoms with Crippen molar-refractivity contribution in [3.8, 4) is 0 Å². The van der Waals surface area contributed by atoms with Gasteiger partial charge in [0, 0.05) is 11.4 Å². The molecule has 2 nitrogen and oxygen atoms in total. The molecule has 0 bridgehead atoms. The normalized spacial score (nSPS) is 14.7. The molecule has 0 aromatic carbocycles. The van der Waals surface area contributed by atoms with Crippen molar-refractivity contribution in [2.24, 2.45) is 4.99 Å². The number of fused-ring (bicyclic) bond motifs is 1. The SMILES string of the molecule is CC(C)(C)c1ccnc2c1=CCN=2. The second-order valence-electron chi connectivity index (χ2n) is 4.39. The van der Waals surface area contributed by atoms with Gasteiger partial charge in [-0.3, -0.25) is 4.99 Å². The summed E-state index contributed by atoms with van der Waals surface area (Å²) in [4.78, 5) is 8.54. The Hall–Kier alpha value is -1.18. The van der Waals surface area contributed by atoms with E-state index in [9.17, 15) is 0 Å².